The Morgan fingerprint density at radius 2 is 2.04 bits per heavy atom. The molecule has 1 aromatic carbocycles. The summed E-state index contributed by atoms with van der Waals surface area (Å²) in [5.74, 6) is 0.304. The van der Waals surface area contributed by atoms with Crippen LogP contribution in [0.5, 0.6) is 0 Å². The predicted octanol–water partition coefficient (Wildman–Crippen LogP) is 2.87. The number of carbonyl (C=O) groups excluding carboxylic acids is 1. The van der Waals surface area contributed by atoms with E-state index in [4.69, 9.17) is 10.00 Å². The fourth-order valence-corrected chi connectivity index (χ4v) is 3.27. The summed E-state index contributed by atoms with van der Waals surface area (Å²) < 4.78 is 5.28. The van der Waals surface area contributed by atoms with Gasteiger partial charge in [-0.25, -0.2) is 0 Å². The van der Waals surface area contributed by atoms with Crippen LogP contribution >= 0.6 is 0 Å². The molecule has 0 bridgehead atoms. The predicted molar refractivity (Wildman–Crippen MR) is 98.0 cm³/mol. The standard InChI is InChI=1S/C20H29N3O2/c1-3-25-14-4-11-22-20(24)19-9-12-23(13-10-19)16(2)18-7-5-17(15-21)6-8-18/h5-8,16,19H,3-4,9-14H2,1-2H3,(H,22,24)/t16-/m0/s1. The molecule has 0 saturated carbocycles. The Labute approximate surface area is 151 Å². The Bertz CT molecular complexity index is 572. The minimum atomic E-state index is 0.122. The molecule has 1 amide bonds. The molecular formula is C20H29N3O2. The first kappa shape index (κ1) is 19.4. The number of nitrogens with zero attached hydrogens (tertiary/aromatic N) is 2. The maximum absolute atomic E-state index is 12.2. The molecule has 1 atom stereocenters. The van der Waals surface area contributed by atoms with Crippen molar-refractivity contribution in [2.45, 2.75) is 39.2 Å². The highest BCUT2D eigenvalue weighted by Crippen LogP contribution is 2.26. The van der Waals surface area contributed by atoms with Crippen LogP contribution in [0.4, 0.5) is 0 Å². The van der Waals surface area contributed by atoms with Gasteiger partial charge in [0.05, 0.1) is 11.6 Å². The Hall–Kier alpha value is -1.90. The summed E-state index contributed by atoms with van der Waals surface area (Å²) in [6, 6.07) is 10.3. The van der Waals surface area contributed by atoms with Crippen molar-refractivity contribution in [1.82, 2.24) is 10.2 Å². The number of carbonyl (C=O) groups is 1. The van der Waals surface area contributed by atoms with Crippen molar-refractivity contribution in [3.8, 4) is 6.07 Å². The van der Waals surface area contributed by atoms with Crippen LogP contribution in [0.25, 0.3) is 0 Å². The molecule has 1 aliphatic heterocycles. The van der Waals surface area contributed by atoms with Crippen molar-refractivity contribution < 1.29 is 9.53 Å². The van der Waals surface area contributed by atoms with Crippen molar-refractivity contribution in [1.29, 1.82) is 5.26 Å². The number of piperidine rings is 1. The van der Waals surface area contributed by atoms with Gasteiger partial charge >= 0.3 is 0 Å². The van der Waals surface area contributed by atoms with Crippen LogP contribution in [-0.4, -0.2) is 43.7 Å². The minimum Gasteiger partial charge on any atom is -0.382 e. The summed E-state index contributed by atoms with van der Waals surface area (Å²) in [6.07, 6.45) is 2.67. The molecule has 1 N–H and O–H groups in total. The van der Waals surface area contributed by atoms with E-state index in [-0.39, 0.29) is 11.8 Å². The van der Waals surface area contributed by atoms with Crippen LogP contribution in [0.3, 0.4) is 0 Å². The summed E-state index contributed by atoms with van der Waals surface area (Å²) in [5, 5.41) is 11.9. The third-order valence-electron chi connectivity index (χ3n) is 4.94. The smallest absolute Gasteiger partial charge is 0.223 e. The number of nitriles is 1. The number of hydrogen-bond donors (Lipinski definition) is 1. The van der Waals surface area contributed by atoms with Gasteiger partial charge in [0.1, 0.15) is 0 Å². The molecule has 0 radical (unpaired) electrons. The van der Waals surface area contributed by atoms with Gasteiger partial charge in [-0.05, 0) is 63.9 Å². The maximum atomic E-state index is 12.2. The molecule has 5 heteroatoms. The Balaban J connectivity index is 1.74. The lowest BCUT2D eigenvalue weighted by molar-refractivity contribution is -0.126. The highest BCUT2D eigenvalue weighted by molar-refractivity contribution is 5.78. The number of ether oxygens (including phenoxy) is 1. The van der Waals surface area contributed by atoms with Gasteiger partial charge in [0.25, 0.3) is 0 Å². The Kier molecular flexibility index (Phi) is 7.90. The summed E-state index contributed by atoms with van der Waals surface area (Å²) in [5.41, 5.74) is 1.91. The van der Waals surface area contributed by atoms with Crippen molar-refractivity contribution in [3.63, 3.8) is 0 Å². The van der Waals surface area contributed by atoms with Crippen molar-refractivity contribution in [3.05, 3.63) is 35.4 Å². The van der Waals surface area contributed by atoms with Gasteiger partial charge in [-0.2, -0.15) is 5.26 Å². The molecule has 1 fully saturated rings. The SMILES string of the molecule is CCOCCCNC(=O)C1CCN([C@@H](C)c2ccc(C#N)cc2)CC1. The highest BCUT2D eigenvalue weighted by atomic mass is 16.5. The quantitative estimate of drug-likeness (QED) is 0.737. The second-order valence-electron chi connectivity index (χ2n) is 6.56. The lowest BCUT2D eigenvalue weighted by Crippen LogP contribution is -2.41. The van der Waals surface area contributed by atoms with Gasteiger partial charge in [0, 0.05) is 31.7 Å². The zero-order chi connectivity index (χ0) is 18.1. The average Bonchev–Trinajstić information content (AvgIpc) is 2.67. The van der Waals surface area contributed by atoms with E-state index >= 15 is 0 Å². The molecule has 0 aromatic heterocycles. The molecule has 2 rings (SSSR count). The first-order chi connectivity index (χ1) is 12.2. The zero-order valence-corrected chi connectivity index (χ0v) is 15.3. The number of amides is 1. The van der Waals surface area contributed by atoms with E-state index in [0.717, 1.165) is 39.0 Å². The number of rotatable bonds is 8. The lowest BCUT2D eigenvalue weighted by Gasteiger charge is -2.35. The lowest BCUT2D eigenvalue weighted by atomic mass is 9.93. The van der Waals surface area contributed by atoms with E-state index in [9.17, 15) is 4.79 Å². The van der Waals surface area contributed by atoms with E-state index in [1.54, 1.807) is 0 Å². The highest BCUT2D eigenvalue weighted by Gasteiger charge is 2.27. The number of likely N-dealkylation sites (tertiary alicyclic amines) is 1. The fourth-order valence-electron chi connectivity index (χ4n) is 3.27. The molecule has 5 nitrogen and oxygen atoms in total. The second-order valence-corrected chi connectivity index (χ2v) is 6.56. The third kappa shape index (κ3) is 5.84. The van der Waals surface area contributed by atoms with Crippen LogP contribution in [-0.2, 0) is 9.53 Å². The molecule has 25 heavy (non-hydrogen) atoms. The van der Waals surface area contributed by atoms with Crippen LogP contribution in [0.1, 0.15) is 50.3 Å². The molecule has 0 aliphatic carbocycles. The molecule has 1 saturated heterocycles. The largest absolute Gasteiger partial charge is 0.382 e. The van der Waals surface area contributed by atoms with Crippen molar-refractivity contribution >= 4 is 5.91 Å². The number of nitrogens with one attached hydrogen (secondary N) is 1. The van der Waals surface area contributed by atoms with Gasteiger partial charge in [0.2, 0.25) is 5.91 Å². The molecule has 1 heterocycles. The molecule has 0 spiro atoms. The van der Waals surface area contributed by atoms with E-state index in [1.165, 1.54) is 5.56 Å². The van der Waals surface area contributed by atoms with Gasteiger partial charge in [0.15, 0.2) is 0 Å². The molecule has 0 unspecified atom stereocenters. The Morgan fingerprint density at radius 1 is 1.36 bits per heavy atom. The maximum Gasteiger partial charge on any atom is 0.223 e. The van der Waals surface area contributed by atoms with Gasteiger partial charge in [-0.15, -0.1) is 0 Å². The summed E-state index contributed by atoms with van der Waals surface area (Å²) in [4.78, 5) is 14.7. The number of benzene rings is 1. The van der Waals surface area contributed by atoms with Crippen molar-refractivity contribution in [2.24, 2.45) is 5.92 Å². The zero-order valence-electron chi connectivity index (χ0n) is 15.3. The molecule has 1 aromatic rings. The van der Waals surface area contributed by atoms with Gasteiger partial charge < -0.3 is 10.1 Å². The van der Waals surface area contributed by atoms with Crippen LogP contribution in [0.15, 0.2) is 24.3 Å². The Morgan fingerprint density at radius 3 is 2.64 bits per heavy atom. The normalized spacial score (nSPS) is 17.0. The average molecular weight is 343 g/mol. The van der Waals surface area contributed by atoms with E-state index in [2.05, 4.69) is 23.2 Å². The van der Waals surface area contributed by atoms with Crippen LogP contribution < -0.4 is 5.32 Å². The molecule has 136 valence electrons. The first-order valence-electron chi connectivity index (χ1n) is 9.25. The van der Waals surface area contributed by atoms with Crippen molar-refractivity contribution in [2.75, 3.05) is 32.8 Å². The minimum absolute atomic E-state index is 0.122. The van der Waals surface area contributed by atoms with Crippen LogP contribution in [0.2, 0.25) is 0 Å². The summed E-state index contributed by atoms with van der Waals surface area (Å²) >= 11 is 0. The van der Waals surface area contributed by atoms with Gasteiger partial charge in [-0.1, -0.05) is 12.1 Å². The second kappa shape index (κ2) is 10.2. The molecular weight excluding hydrogens is 314 g/mol. The third-order valence-corrected chi connectivity index (χ3v) is 4.94. The van der Waals surface area contributed by atoms with Gasteiger partial charge in [-0.3, -0.25) is 9.69 Å². The van der Waals surface area contributed by atoms with E-state index in [1.807, 2.05) is 31.2 Å². The monoisotopic (exact) mass is 343 g/mol. The number of hydrogen-bond acceptors (Lipinski definition) is 4. The first-order valence-corrected chi connectivity index (χ1v) is 9.25. The molecule has 1 aliphatic rings. The van der Waals surface area contributed by atoms with E-state index in [0.29, 0.717) is 24.8 Å². The van der Waals surface area contributed by atoms with E-state index < -0.39 is 0 Å². The summed E-state index contributed by atoms with van der Waals surface area (Å²) in [7, 11) is 0. The topological polar surface area (TPSA) is 65.4 Å². The summed E-state index contributed by atoms with van der Waals surface area (Å²) in [6.45, 7) is 8.15. The fraction of sp³-hybridized carbons (Fsp3) is 0.600. The van der Waals surface area contributed by atoms with Crippen LogP contribution in [0, 0.1) is 17.2 Å².